The first-order valence-electron chi connectivity index (χ1n) is 7.23. The van der Waals surface area contributed by atoms with E-state index in [1.165, 1.54) is 0 Å². The second-order valence-corrected chi connectivity index (χ2v) is 5.92. The van der Waals surface area contributed by atoms with Crippen molar-refractivity contribution in [3.8, 4) is 0 Å². The second-order valence-electron chi connectivity index (χ2n) is 5.48. The summed E-state index contributed by atoms with van der Waals surface area (Å²) in [5, 5.41) is 7.86. The number of aromatic nitrogens is 2. The zero-order chi connectivity index (χ0) is 15.7. The molecule has 2 unspecified atom stereocenters. The van der Waals surface area contributed by atoms with E-state index in [9.17, 15) is 4.79 Å². The lowest BCUT2D eigenvalue weighted by Gasteiger charge is -2.20. The quantitative estimate of drug-likeness (QED) is 0.946. The Kier molecular flexibility index (Phi) is 4.18. The number of nitrogens with zero attached hydrogens (tertiary/aromatic N) is 2. The Balaban J connectivity index is 1.75. The molecule has 2 aromatic rings. The third-order valence-corrected chi connectivity index (χ3v) is 4.34. The van der Waals surface area contributed by atoms with Crippen LogP contribution in [0.15, 0.2) is 30.5 Å². The number of rotatable bonds is 3. The van der Waals surface area contributed by atoms with Gasteiger partial charge in [-0.15, -0.1) is 0 Å². The second kappa shape index (κ2) is 6.10. The number of ether oxygens (including phenoxy) is 1. The number of amides is 1. The number of aryl methyl sites for hydroxylation is 1. The maximum atomic E-state index is 12.4. The number of hydrogen-bond donors (Lipinski definition) is 1. The Morgan fingerprint density at radius 2 is 2.14 bits per heavy atom. The fourth-order valence-corrected chi connectivity index (χ4v) is 2.81. The number of benzene rings is 1. The van der Waals surface area contributed by atoms with Gasteiger partial charge in [0.15, 0.2) is 0 Å². The molecule has 22 heavy (non-hydrogen) atoms. The zero-order valence-corrected chi connectivity index (χ0v) is 13.3. The van der Waals surface area contributed by atoms with Crippen molar-refractivity contribution in [2.45, 2.75) is 25.5 Å². The van der Waals surface area contributed by atoms with Gasteiger partial charge in [-0.1, -0.05) is 23.7 Å². The topological polar surface area (TPSA) is 56.1 Å². The highest BCUT2D eigenvalue weighted by molar-refractivity contribution is 6.30. The molecule has 2 heterocycles. The molecule has 116 valence electrons. The number of carbonyl (C=O) groups excluding carboxylic acids is 1. The minimum Gasteiger partial charge on any atom is -0.371 e. The lowest BCUT2D eigenvalue weighted by molar-refractivity contribution is 0.0821. The third-order valence-electron chi connectivity index (χ3n) is 4.09. The van der Waals surface area contributed by atoms with Crippen molar-refractivity contribution < 1.29 is 9.53 Å². The summed E-state index contributed by atoms with van der Waals surface area (Å²) in [4.78, 5) is 12.4. The van der Waals surface area contributed by atoms with Gasteiger partial charge in [0.2, 0.25) is 0 Å². The molecule has 2 atom stereocenters. The van der Waals surface area contributed by atoms with Crippen LogP contribution in [0.1, 0.15) is 34.1 Å². The summed E-state index contributed by atoms with van der Waals surface area (Å²) in [7, 11) is 1.82. The summed E-state index contributed by atoms with van der Waals surface area (Å²) in [6.45, 7) is 2.51. The van der Waals surface area contributed by atoms with Crippen molar-refractivity contribution in [1.29, 1.82) is 0 Å². The molecule has 1 aliphatic rings. The van der Waals surface area contributed by atoms with E-state index in [-0.39, 0.29) is 18.1 Å². The molecule has 0 bridgehead atoms. The van der Waals surface area contributed by atoms with Crippen LogP contribution >= 0.6 is 11.6 Å². The summed E-state index contributed by atoms with van der Waals surface area (Å²) < 4.78 is 7.48. The van der Waals surface area contributed by atoms with Crippen LogP contribution in [0.5, 0.6) is 0 Å². The Bertz CT molecular complexity index is 681. The summed E-state index contributed by atoms with van der Waals surface area (Å²) in [6, 6.07) is 7.50. The SMILES string of the molecule is Cc1c(C(=O)NC2CCOC2c2ccc(Cl)cc2)cnn1C. The summed E-state index contributed by atoms with van der Waals surface area (Å²) in [6.07, 6.45) is 2.24. The minimum atomic E-state index is -0.141. The molecule has 0 aliphatic carbocycles. The maximum absolute atomic E-state index is 12.4. The predicted octanol–water partition coefficient (Wildman–Crippen LogP) is 2.64. The van der Waals surface area contributed by atoms with Crippen molar-refractivity contribution in [2.24, 2.45) is 7.05 Å². The van der Waals surface area contributed by atoms with E-state index in [0.29, 0.717) is 17.2 Å². The van der Waals surface area contributed by atoms with Crippen molar-refractivity contribution in [1.82, 2.24) is 15.1 Å². The van der Waals surface area contributed by atoms with Gasteiger partial charge in [-0.25, -0.2) is 0 Å². The molecule has 1 aromatic heterocycles. The zero-order valence-electron chi connectivity index (χ0n) is 12.5. The first-order chi connectivity index (χ1) is 10.6. The molecule has 1 saturated heterocycles. The van der Waals surface area contributed by atoms with Crippen LogP contribution in [0.25, 0.3) is 0 Å². The van der Waals surface area contributed by atoms with Gasteiger partial charge >= 0.3 is 0 Å². The van der Waals surface area contributed by atoms with E-state index in [2.05, 4.69) is 10.4 Å². The van der Waals surface area contributed by atoms with Crippen LogP contribution in [0, 0.1) is 6.92 Å². The molecule has 1 N–H and O–H groups in total. The number of hydrogen-bond acceptors (Lipinski definition) is 3. The molecule has 1 aliphatic heterocycles. The van der Waals surface area contributed by atoms with Gasteiger partial charge in [0, 0.05) is 24.4 Å². The van der Waals surface area contributed by atoms with Gasteiger partial charge in [-0.2, -0.15) is 5.10 Å². The molecule has 6 heteroatoms. The van der Waals surface area contributed by atoms with E-state index in [0.717, 1.165) is 17.7 Å². The van der Waals surface area contributed by atoms with Gasteiger partial charge in [0.05, 0.1) is 17.8 Å². The molecule has 5 nitrogen and oxygen atoms in total. The first kappa shape index (κ1) is 15.1. The Hall–Kier alpha value is -1.85. The smallest absolute Gasteiger partial charge is 0.255 e. The molecular formula is C16H18ClN3O2. The highest BCUT2D eigenvalue weighted by Crippen LogP contribution is 2.30. The fraction of sp³-hybridized carbons (Fsp3) is 0.375. The highest BCUT2D eigenvalue weighted by Gasteiger charge is 2.31. The molecule has 1 aromatic carbocycles. The van der Waals surface area contributed by atoms with Crippen molar-refractivity contribution >= 4 is 17.5 Å². The fourth-order valence-electron chi connectivity index (χ4n) is 2.69. The third kappa shape index (κ3) is 2.87. The van der Waals surface area contributed by atoms with Gasteiger partial charge in [0.25, 0.3) is 5.91 Å². The van der Waals surface area contributed by atoms with E-state index in [1.807, 2.05) is 38.2 Å². The van der Waals surface area contributed by atoms with Gasteiger partial charge in [-0.05, 0) is 31.0 Å². The van der Waals surface area contributed by atoms with Crippen LogP contribution in [-0.4, -0.2) is 28.3 Å². The Morgan fingerprint density at radius 3 is 2.77 bits per heavy atom. The lowest BCUT2D eigenvalue weighted by atomic mass is 10.0. The summed E-state index contributed by atoms with van der Waals surface area (Å²) in [5.74, 6) is -0.111. The Labute approximate surface area is 134 Å². The number of halogens is 1. The molecule has 0 saturated carbocycles. The van der Waals surface area contributed by atoms with Crippen LogP contribution in [0.3, 0.4) is 0 Å². The van der Waals surface area contributed by atoms with E-state index >= 15 is 0 Å². The number of nitrogens with one attached hydrogen (secondary N) is 1. The van der Waals surface area contributed by atoms with Gasteiger partial charge < -0.3 is 10.1 Å². The van der Waals surface area contributed by atoms with Crippen molar-refractivity contribution in [3.63, 3.8) is 0 Å². The van der Waals surface area contributed by atoms with Gasteiger partial charge in [-0.3, -0.25) is 9.48 Å². The molecule has 1 fully saturated rings. The molecular weight excluding hydrogens is 302 g/mol. The van der Waals surface area contributed by atoms with E-state index in [1.54, 1.807) is 10.9 Å². The maximum Gasteiger partial charge on any atom is 0.255 e. The summed E-state index contributed by atoms with van der Waals surface area (Å²) in [5.41, 5.74) is 2.47. The highest BCUT2D eigenvalue weighted by atomic mass is 35.5. The van der Waals surface area contributed by atoms with Crippen LogP contribution in [0.2, 0.25) is 5.02 Å². The molecule has 0 radical (unpaired) electrons. The Morgan fingerprint density at radius 1 is 1.41 bits per heavy atom. The predicted molar refractivity (Wildman–Crippen MR) is 84.0 cm³/mol. The van der Waals surface area contributed by atoms with E-state index in [4.69, 9.17) is 16.3 Å². The van der Waals surface area contributed by atoms with Crippen LogP contribution < -0.4 is 5.32 Å². The average Bonchev–Trinajstić information content (AvgIpc) is 3.08. The van der Waals surface area contributed by atoms with Crippen LogP contribution in [0.4, 0.5) is 0 Å². The molecule has 0 spiro atoms. The monoisotopic (exact) mass is 319 g/mol. The van der Waals surface area contributed by atoms with Gasteiger partial charge in [0.1, 0.15) is 6.10 Å². The van der Waals surface area contributed by atoms with Crippen LogP contribution in [-0.2, 0) is 11.8 Å². The summed E-state index contributed by atoms with van der Waals surface area (Å²) >= 11 is 5.92. The largest absolute Gasteiger partial charge is 0.371 e. The van der Waals surface area contributed by atoms with Crippen molar-refractivity contribution in [2.75, 3.05) is 6.61 Å². The van der Waals surface area contributed by atoms with Crippen molar-refractivity contribution in [3.05, 3.63) is 52.3 Å². The number of carbonyl (C=O) groups is 1. The van der Waals surface area contributed by atoms with E-state index < -0.39 is 0 Å². The lowest BCUT2D eigenvalue weighted by Crippen LogP contribution is -2.37. The average molecular weight is 320 g/mol. The molecule has 1 amide bonds. The normalized spacial score (nSPS) is 21.0. The standard InChI is InChI=1S/C16H18ClN3O2/c1-10-13(9-18-20(10)2)16(21)19-14-7-8-22-15(14)11-3-5-12(17)6-4-11/h3-6,9,14-15H,7-8H2,1-2H3,(H,19,21). The minimum absolute atomic E-state index is 0.0479. The molecule has 3 rings (SSSR count). The first-order valence-corrected chi connectivity index (χ1v) is 7.60.